The third-order valence-corrected chi connectivity index (χ3v) is 9.40. The van der Waals surface area contributed by atoms with Crippen molar-refractivity contribution in [3.8, 4) is 62.6 Å². The zero-order valence-corrected chi connectivity index (χ0v) is 29.7. The lowest BCUT2D eigenvalue weighted by atomic mass is 9.90. The lowest BCUT2D eigenvalue weighted by Gasteiger charge is -2.23. The first-order chi connectivity index (χ1) is 22.8. The Morgan fingerprint density at radius 1 is 0.723 bits per heavy atom. The Kier molecular flexibility index (Phi) is 10.4. The number of aryl methyl sites for hydroxylation is 1. The Labute approximate surface area is 284 Å². The fourth-order valence-corrected chi connectivity index (χ4v) is 6.97. The number of amides is 1. The summed E-state index contributed by atoms with van der Waals surface area (Å²) in [4.78, 5) is 15.0. The molecule has 1 aliphatic rings. The molecule has 47 heavy (non-hydrogen) atoms. The van der Waals surface area contributed by atoms with Crippen molar-refractivity contribution in [3.05, 3.63) is 63.8 Å². The molecule has 1 amide bonds. The molecule has 0 aliphatic carbocycles. The second kappa shape index (κ2) is 14.5. The fraction of sp³-hybridized carbons (Fsp3) is 0.361. The number of aromatic nitrogens is 1. The van der Waals surface area contributed by atoms with E-state index in [1.807, 2.05) is 50.2 Å². The number of fused-ring (bicyclic) bond motifs is 3. The number of methoxy groups -OCH3 is 6. The van der Waals surface area contributed by atoms with Crippen LogP contribution < -0.4 is 33.2 Å². The number of nitrogens with zero attached hydrogens (tertiary/aromatic N) is 2. The minimum absolute atomic E-state index is 0.351. The highest BCUT2D eigenvalue weighted by molar-refractivity contribution is 9.10. The summed E-state index contributed by atoms with van der Waals surface area (Å²) in [7, 11) is 9.67. The summed E-state index contributed by atoms with van der Waals surface area (Å²) >= 11 is 3.98. The van der Waals surface area contributed by atoms with E-state index in [0.29, 0.717) is 71.9 Å². The molecule has 0 saturated carbocycles. The second-order valence-corrected chi connectivity index (χ2v) is 11.6. The van der Waals surface area contributed by atoms with Gasteiger partial charge in [0.1, 0.15) is 5.75 Å². The van der Waals surface area contributed by atoms with Gasteiger partial charge in [0.15, 0.2) is 34.5 Å². The number of carbonyl (C=O) groups is 1. The van der Waals surface area contributed by atoms with E-state index in [9.17, 15) is 4.79 Å². The average molecular weight is 710 g/mol. The summed E-state index contributed by atoms with van der Waals surface area (Å²) in [5.74, 6) is 3.89. The minimum Gasteiger partial charge on any atom is -0.493 e. The Bertz CT molecular complexity index is 1780. The van der Waals surface area contributed by atoms with Crippen molar-refractivity contribution < 1.29 is 38.0 Å². The quantitative estimate of drug-likeness (QED) is 0.149. The van der Waals surface area contributed by atoms with Gasteiger partial charge in [-0.25, -0.2) is 4.79 Å². The molecule has 0 spiro atoms. The van der Waals surface area contributed by atoms with Crippen LogP contribution in [0.2, 0.25) is 0 Å². The van der Waals surface area contributed by atoms with Crippen LogP contribution in [0.5, 0.6) is 40.2 Å². The van der Waals surface area contributed by atoms with Crippen molar-refractivity contribution in [1.29, 1.82) is 0 Å². The monoisotopic (exact) mass is 708 g/mol. The van der Waals surface area contributed by atoms with Gasteiger partial charge in [-0.15, -0.1) is 0 Å². The van der Waals surface area contributed by atoms with Crippen molar-refractivity contribution >= 4 is 22.0 Å². The Morgan fingerprint density at radius 3 is 1.87 bits per heavy atom. The molecular formula is C36H41BrN2O8. The molecule has 0 saturated heterocycles. The molecule has 0 bridgehead atoms. The molecule has 2 heterocycles. The third kappa shape index (κ3) is 6.28. The summed E-state index contributed by atoms with van der Waals surface area (Å²) in [5.41, 5.74) is 6.72. The number of halogens is 1. The van der Waals surface area contributed by atoms with Gasteiger partial charge in [0, 0.05) is 48.8 Å². The smallest absolute Gasteiger partial charge is 0.415 e. The van der Waals surface area contributed by atoms with Gasteiger partial charge in [0.05, 0.1) is 53.0 Å². The van der Waals surface area contributed by atoms with Crippen molar-refractivity contribution in [3.63, 3.8) is 0 Å². The Morgan fingerprint density at radius 2 is 1.28 bits per heavy atom. The number of ether oxygens (including phenoxy) is 7. The van der Waals surface area contributed by atoms with Gasteiger partial charge in [-0.3, -0.25) is 0 Å². The van der Waals surface area contributed by atoms with Crippen LogP contribution in [-0.2, 0) is 19.4 Å². The first-order valence-corrected chi connectivity index (χ1v) is 16.2. The van der Waals surface area contributed by atoms with Crippen molar-refractivity contribution in [2.24, 2.45) is 0 Å². The van der Waals surface area contributed by atoms with Gasteiger partial charge in [-0.2, -0.15) is 0 Å². The molecule has 11 heteroatoms. The molecule has 1 aromatic heterocycles. The standard InChI is InChI=1S/C36H41BrN2O8/c1-9-38(10-2)36(40)47-27-20-32(46-8)31(45-7)19-24(27)33-25(15-21-11-12-26(41-3)28(16-21)42-4)34-23-18-30(44-6)29(43-5)17-22(23)13-14-39(34)35(33)37/h11-12,16-20H,9-10,13-15H2,1-8H3. The van der Waals surface area contributed by atoms with E-state index in [4.69, 9.17) is 33.2 Å². The third-order valence-electron chi connectivity index (χ3n) is 8.57. The minimum atomic E-state index is -0.452. The lowest BCUT2D eigenvalue weighted by Crippen LogP contribution is -2.33. The predicted octanol–water partition coefficient (Wildman–Crippen LogP) is 7.62. The summed E-state index contributed by atoms with van der Waals surface area (Å²) in [5, 5.41) is 0. The van der Waals surface area contributed by atoms with E-state index in [1.165, 1.54) is 0 Å². The van der Waals surface area contributed by atoms with Crippen LogP contribution in [-0.4, -0.2) is 71.3 Å². The van der Waals surface area contributed by atoms with E-state index in [0.717, 1.165) is 44.5 Å². The van der Waals surface area contributed by atoms with Crippen molar-refractivity contribution in [2.45, 2.75) is 33.2 Å². The lowest BCUT2D eigenvalue weighted by molar-refractivity contribution is 0.157. The van der Waals surface area contributed by atoms with Gasteiger partial charge in [0.25, 0.3) is 0 Å². The molecule has 5 rings (SSSR count). The maximum atomic E-state index is 13.4. The molecule has 0 N–H and O–H groups in total. The Balaban J connectivity index is 1.82. The number of hydrogen-bond acceptors (Lipinski definition) is 8. The van der Waals surface area contributed by atoms with Gasteiger partial charge < -0.3 is 42.6 Å². The molecule has 0 fully saturated rings. The maximum Gasteiger partial charge on any atom is 0.415 e. The van der Waals surface area contributed by atoms with Gasteiger partial charge in [-0.05, 0) is 83.2 Å². The van der Waals surface area contributed by atoms with Crippen molar-refractivity contribution in [1.82, 2.24) is 9.47 Å². The van der Waals surface area contributed by atoms with E-state index in [1.54, 1.807) is 53.6 Å². The molecular weight excluding hydrogens is 668 g/mol. The van der Waals surface area contributed by atoms with E-state index in [2.05, 4.69) is 20.5 Å². The molecule has 1 aliphatic heterocycles. The number of hydrogen-bond donors (Lipinski definition) is 0. The molecule has 0 unspecified atom stereocenters. The first kappa shape index (κ1) is 33.8. The summed E-state index contributed by atoms with van der Waals surface area (Å²) in [6.45, 7) is 5.56. The van der Waals surface area contributed by atoms with Crippen LogP contribution >= 0.6 is 15.9 Å². The largest absolute Gasteiger partial charge is 0.493 e. The van der Waals surface area contributed by atoms with Crippen LogP contribution in [0, 0.1) is 0 Å². The van der Waals surface area contributed by atoms with Gasteiger partial charge in [-0.1, -0.05) is 6.07 Å². The van der Waals surface area contributed by atoms with Crippen LogP contribution in [0.1, 0.15) is 30.5 Å². The average Bonchev–Trinajstić information content (AvgIpc) is 3.38. The van der Waals surface area contributed by atoms with Gasteiger partial charge in [0.2, 0.25) is 0 Å². The second-order valence-electron chi connectivity index (χ2n) is 10.9. The topological polar surface area (TPSA) is 89.9 Å². The highest BCUT2D eigenvalue weighted by Crippen LogP contribution is 2.51. The predicted molar refractivity (Wildman–Crippen MR) is 184 cm³/mol. The normalized spacial score (nSPS) is 11.7. The van der Waals surface area contributed by atoms with Crippen LogP contribution in [0.15, 0.2) is 47.1 Å². The van der Waals surface area contributed by atoms with Crippen molar-refractivity contribution in [2.75, 3.05) is 55.7 Å². The molecule has 3 aromatic carbocycles. The van der Waals surface area contributed by atoms with E-state index in [-0.39, 0.29) is 0 Å². The zero-order chi connectivity index (χ0) is 33.8. The van der Waals surface area contributed by atoms with E-state index < -0.39 is 6.09 Å². The highest BCUT2D eigenvalue weighted by Gasteiger charge is 2.32. The molecule has 4 aromatic rings. The maximum absolute atomic E-state index is 13.4. The number of carbonyl (C=O) groups excluding carboxylic acids is 1. The SMILES string of the molecule is CCN(CC)C(=O)Oc1cc(OC)c(OC)cc1-c1c(Cc2ccc(OC)c(OC)c2)c2n(c1Br)CCc1cc(OC)c(OC)cc1-2. The molecule has 10 nitrogen and oxygen atoms in total. The summed E-state index contributed by atoms with van der Waals surface area (Å²) in [6, 6.07) is 13.6. The molecule has 250 valence electrons. The van der Waals surface area contributed by atoms with Gasteiger partial charge >= 0.3 is 6.09 Å². The van der Waals surface area contributed by atoms with E-state index >= 15 is 0 Å². The molecule has 0 atom stereocenters. The number of rotatable bonds is 12. The summed E-state index contributed by atoms with van der Waals surface area (Å²) < 4.78 is 43.2. The number of benzene rings is 3. The van der Waals surface area contributed by atoms with Crippen LogP contribution in [0.4, 0.5) is 4.79 Å². The first-order valence-electron chi connectivity index (χ1n) is 15.4. The summed E-state index contributed by atoms with van der Waals surface area (Å²) in [6.07, 6.45) is 0.843. The zero-order valence-electron chi connectivity index (χ0n) is 28.1. The Hall–Kier alpha value is -4.51. The molecule has 0 radical (unpaired) electrons. The van der Waals surface area contributed by atoms with Crippen LogP contribution in [0.25, 0.3) is 22.4 Å². The fourth-order valence-electron chi connectivity index (χ4n) is 6.16. The van der Waals surface area contributed by atoms with Crippen LogP contribution in [0.3, 0.4) is 0 Å². The highest BCUT2D eigenvalue weighted by atomic mass is 79.9.